The van der Waals surface area contributed by atoms with Gasteiger partial charge in [0.1, 0.15) is 37.5 Å². The van der Waals surface area contributed by atoms with Gasteiger partial charge in [-0.3, -0.25) is 19.6 Å². The number of aromatic nitrogens is 2. The number of carbonyl (C=O) groups excluding carboxylic acids is 4. The topological polar surface area (TPSA) is 201 Å². The van der Waals surface area contributed by atoms with Crippen molar-refractivity contribution in [3.8, 4) is 0 Å². The Labute approximate surface area is 327 Å². The molecule has 0 aliphatic heterocycles. The Morgan fingerprint density at radius 1 is 0.536 bits per heavy atom. The minimum Gasteiger partial charge on any atom is -0.443 e. The van der Waals surface area contributed by atoms with E-state index in [4.69, 9.17) is 9.47 Å². The molecule has 0 fully saturated rings. The molecule has 0 saturated heterocycles. The van der Waals surface area contributed by atoms with Crippen molar-refractivity contribution in [3.05, 3.63) is 132 Å². The van der Waals surface area contributed by atoms with Crippen LogP contribution in [0, 0.1) is 11.8 Å². The summed E-state index contributed by atoms with van der Waals surface area (Å²) in [6.07, 6.45) is -1.55. The molecule has 6 N–H and O–H groups in total. The Morgan fingerprint density at radius 3 is 1.21 bits per heavy atom. The number of carbonyl (C=O) groups is 4. The van der Waals surface area contributed by atoms with Gasteiger partial charge in [-0.2, -0.15) is 0 Å². The van der Waals surface area contributed by atoms with E-state index in [1.54, 1.807) is 76.5 Å². The molecular formula is C42H52N6O8. The molecule has 14 heteroatoms. The number of alkyl carbamates (subject to hydrolysis) is 2. The summed E-state index contributed by atoms with van der Waals surface area (Å²) < 4.78 is 10.6. The molecule has 2 aromatic heterocycles. The van der Waals surface area contributed by atoms with Crippen LogP contribution in [0.1, 0.15) is 50.2 Å². The second kappa shape index (κ2) is 21.9. The average molecular weight is 769 g/mol. The summed E-state index contributed by atoms with van der Waals surface area (Å²) in [6, 6.07) is 24.3. The highest BCUT2D eigenvalue weighted by Crippen LogP contribution is 2.17. The third kappa shape index (κ3) is 13.8. The summed E-state index contributed by atoms with van der Waals surface area (Å²) in [5.74, 6) is -2.01. The molecule has 0 bridgehead atoms. The smallest absolute Gasteiger partial charge is 0.408 e. The first-order chi connectivity index (χ1) is 26.9. The lowest BCUT2D eigenvalue weighted by Gasteiger charge is -2.35. The van der Waals surface area contributed by atoms with Gasteiger partial charge in [-0.15, -0.1) is 0 Å². The monoisotopic (exact) mass is 768 g/mol. The summed E-state index contributed by atoms with van der Waals surface area (Å²) in [6.45, 7) is 6.79. The number of aliphatic hydroxyl groups excluding tert-OH is 2. The molecule has 2 heterocycles. The van der Waals surface area contributed by atoms with Crippen molar-refractivity contribution >= 4 is 24.0 Å². The molecule has 6 atom stereocenters. The molecule has 2 aromatic carbocycles. The van der Waals surface area contributed by atoms with E-state index in [-0.39, 0.29) is 26.1 Å². The zero-order chi connectivity index (χ0) is 40.5. The number of benzene rings is 2. The van der Waals surface area contributed by atoms with Crippen molar-refractivity contribution in [2.24, 2.45) is 11.8 Å². The van der Waals surface area contributed by atoms with Crippen LogP contribution in [0.4, 0.5) is 9.59 Å². The molecule has 4 amide bonds. The quantitative estimate of drug-likeness (QED) is 0.0814. The van der Waals surface area contributed by atoms with E-state index < -0.39 is 72.2 Å². The molecule has 0 radical (unpaired) electrons. The minimum absolute atomic E-state index is 0.101. The van der Waals surface area contributed by atoms with Crippen molar-refractivity contribution < 1.29 is 38.9 Å². The van der Waals surface area contributed by atoms with Crippen LogP contribution in [-0.4, -0.2) is 80.6 Å². The van der Waals surface area contributed by atoms with Gasteiger partial charge in [0.2, 0.25) is 11.8 Å². The maximum absolute atomic E-state index is 13.9. The van der Waals surface area contributed by atoms with E-state index in [2.05, 4.69) is 31.2 Å². The zero-order valence-corrected chi connectivity index (χ0v) is 32.1. The van der Waals surface area contributed by atoms with Crippen LogP contribution in [0.2, 0.25) is 0 Å². The van der Waals surface area contributed by atoms with Crippen LogP contribution in [0.3, 0.4) is 0 Å². The standard InChI is InChI=1S/C42H52N6O8/c1-27(2)35(47-41(53)55-25-31-19-11-13-21-43-31)39(51)45-33(23-29-15-7-5-8-16-29)37(49)38(50)34(24-30-17-9-6-10-18-30)46-40(52)36(28(3)4)48-42(54)56-26-32-20-12-14-22-44-32/h5-22,27-28,33-38,49-50H,23-26H2,1-4H3,(H,45,51)(H,46,52)(H,47,53)(H,48,54)/t33-,34-,35-,36+,37-,38+/m0/s1. The van der Waals surface area contributed by atoms with Gasteiger partial charge >= 0.3 is 12.2 Å². The van der Waals surface area contributed by atoms with E-state index in [1.807, 2.05) is 60.7 Å². The summed E-state index contributed by atoms with van der Waals surface area (Å²) in [4.78, 5) is 61.6. The van der Waals surface area contributed by atoms with Gasteiger partial charge in [0.15, 0.2) is 0 Å². The van der Waals surface area contributed by atoms with Gasteiger partial charge in [-0.1, -0.05) is 100 Å². The summed E-state index contributed by atoms with van der Waals surface area (Å²) in [7, 11) is 0. The van der Waals surface area contributed by atoms with Crippen LogP contribution >= 0.6 is 0 Å². The molecule has 0 aliphatic carbocycles. The number of ether oxygens (including phenoxy) is 2. The van der Waals surface area contributed by atoms with E-state index in [0.717, 1.165) is 11.1 Å². The predicted octanol–water partition coefficient (Wildman–Crippen LogP) is 3.86. The van der Waals surface area contributed by atoms with Crippen LogP contribution < -0.4 is 21.3 Å². The van der Waals surface area contributed by atoms with E-state index in [1.165, 1.54) is 0 Å². The molecule has 56 heavy (non-hydrogen) atoms. The first-order valence-electron chi connectivity index (χ1n) is 18.6. The van der Waals surface area contributed by atoms with Crippen LogP contribution in [0.5, 0.6) is 0 Å². The normalized spacial score (nSPS) is 14.4. The van der Waals surface area contributed by atoms with E-state index >= 15 is 0 Å². The van der Waals surface area contributed by atoms with Gasteiger partial charge in [-0.05, 0) is 60.1 Å². The summed E-state index contributed by atoms with van der Waals surface area (Å²) in [5.41, 5.74) is 2.57. The van der Waals surface area contributed by atoms with Gasteiger partial charge in [-0.25, -0.2) is 9.59 Å². The molecule has 4 aromatic rings. The molecule has 0 saturated carbocycles. The number of hydrogen-bond acceptors (Lipinski definition) is 10. The third-order valence-corrected chi connectivity index (χ3v) is 9.03. The molecule has 0 aliphatic rings. The lowest BCUT2D eigenvalue weighted by Crippen LogP contribution is -2.61. The molecule has 0 spiro atoms. The molecule has 4 rings (SSSR count). The SMILES string of the molecule is CC(C)[C@H](NC(=O)OCc1ccccn1)C(=O)N[C@@H](Cc1ccccc1)[C@H](O)[C@H](O)[C@H](Cc1ccccc1)NC(=O)[C@H](NC(=O)OCc1ccccn1)C(C)C. The Bertz CT molecular complexity index is 1670. The largest absolute Gasteiger partial charge is 0.443 e. The minimum atomic E-state index is -1.62. The Morgan fingerprint density at radius 2 is 0.893 bits per heavy atom. The Balaban J connectivity index is 1.53. The number of rotatable bonds is 19. The van der Waals surface area contributed by atoms with Crippen LogP contribution in [0.25, 0.3) is 0 Å². The highest BCUT2D eigenvalue weighted by atomic mass is 16.6. The van der Waals surface area contributed by atoms with E-state index in [9.17, 15) is 29.4 Å². The molecular weight excluding hydrogens is 716 g/mol. The fourth-order valence-corrected chi connectivity index (χ4v) is 5.92. The average Bonchev–Trinajstić information content (AvgIpc) is 3.20. The maximum atomic E-state index is 13.9. The predicted molar refractivity (Wildman–Crippen MR) is 209 cm³/mol. The highest BCUT2D eigenvalue weighted by Gasteiger charge is 2.37. The second-order valence-corrected chi connectivity index (χ2v) is 14.1. The lowest BCUT2D eigenvalue weighted by atomic mass is 9.90. The van der Waals surface area contributed by atoms with Crippen LogP contribution in [0.15, 0.2) is 109 Å². The van der Waals surface area contributed by atoms with Crippen LogP contribution in [-0.2, 0) is 45.1 Å². The Kier molecular flexibility index (Phi) is 16.8. The first-order valence-corrected chi connectivity index (χ1v) is 18.6. The molecule has 0 unspecified atom stereocenters. The zero-order valence-electron chi connectivity index (χ0n) is 32.1. The first kappa shape index (κ1) is 42.9. The number of aliphatic hydroxyl groups is 2. The van der Waals surface area contributed by atoms with Gasteiger partial charge < -0.3 is 41.0 Å². The van der Waals surface area contributed by atoms with Crippen molar-refractivity contribution in [2.75, 3.05) is 0 Å². The fraction of sp³-hybridized carbons (Fsp3) is 0.381. The number of hydrogen-bond donors (Lipinski definition) is 6. The van der Waals surface area contributed by atoms with Crippen molar-refractivity contribution in [3.63, 3.8) is 0 Å². The van der Waals surface area contributed by atoms with Gasteiger partial charge in [0.05, 0.1) is 23.5 Å². The number of nitrogens with one attached hydrogen (secondary N) is 4. The van der Waals surface area contributed by atoms with Gasteiger partial charge in [0.25, 0.3) is 0 Å². The second-order valence-electron chi connectivity index (χ2n) is 14.1. The fourth-order valence-electron chi connectivity index (χ4n) is 5.92. The number of amides is 4. The van der Waals surface area contributed by atoms with E-state index in [0.29, 0.717) is 11.4 Å². The number of pyridine rings is 2. The van der Waals surface area contributed by atoms with Gasteiger partial charge in [0, 0.05) is 12.4 Å². The lowest BCUT2D eigenvalue weighted by molar-refractivity contribution is -0.129. The van der Waals surface area contributed by atoms with Crippen molar-refractivity contribution in [2.45, 2.75) is 90.1 Å². The van der Waals surface area contributed by atoms with Crippen molar-refractivity contribution in [1.29, 1.82) is 0 Å². The molecule has 14 nitrogen and oxygen atoms in total. The summed E-state index contributed by atoms with van der Waals surface area (Å²) in [5, 5.41) is 34.7. The third-order valence-electron chi connectivity index (χ3n) is 9.03. The summed E-state index contributed by atoms with van der Waals surface area (Å²) >= 11 is 0. The highest BCUT2D eigenvalue weighted by molar-refractivity contribution is 5.87. The number of nitrogens with zero attached hydrogens (tertiary/aromatic N) is 2. The molecule has 298 valence electrons. The Hall–Kier alpha value is -5.86. The maximum Gasteiger partial charge on any atom is 0.408 e. The van der Waals surface area contributed by atoms with Crippen molar-refractivity contribution in [1.82, 2.24) is 31.2 Å².